The van der Waals surface area contributed by atoms with Crippen LogP contribution in [0.4, 0.5) is 0 Å². The van der Waals surface area contributed by atoms with Crippen LogP contribution < -0.4 is 0 Å². The molecular weight excluding hydrogens is 256 g/mol. The van der Waals surface area contributed by atoms with Crippen molar-refractivity contribution in [3.05, 3.63) is 34.9 Å². The lowest BCUT2D eigenvalue weighted by molar-refractivity contribution is -0.0189. The molecule has 1 aromatic rings. The van der Waals surface area contributed by atoms with Crippen molar-refractivity contribution in [2.45, 2.75) is 58.0 Å². The third-order valence-electron chi connectivity index (χ3n) is 4.17. The van der Waals surface area contributed by atoms with Crippen LogP contribution in [0.1, 0.15) is 51.5 Å². The van der Waals surface area contributed by atoms with Crippen LogP contribution in [0.15, 0.2) is 24.3 Å². The Morgan fingerprint density at radius 1 is 1.32 bits per heavy atom. The van der Waals surface area contributed by atoms with Crippen molar-refractivity contribution in [1.29, 1.82) is 0 Å². The van der Waals surface area contributed by atoms with E-state index in [1.54, 1.807) is 0 Å². The Labute approximate surface area is 122 Å². The van der Waals surface area contributed by atoms with E-state index in [1.807, 2.05) is 24.3 Å². The highest BCUT2D eigenvalue weighted by Gasteiger charge is 2.34. The molecule has 2 unspecified atom stereocenters. The Morgan fingerprint density at radius 2 is 2.00 bits per heavy atom. The van der Waals surface area contributed by atoms with Crippen molar-refractivity contribution in [3.8, 4) is 0 Å². The highest BCUT2D eigenvalue weighted by Crippen LogP contribution is 2.37. The van der Waals surface area contributed by atoms with E-state index >= 15 is 0 Å². The maximum Gasteiger partial charge on any atom is 0.0690 e. The molecule has 1 fully saturated rings. The minimum Gasteiger partial charge on any atom is -0.390 e. The third-order valence-corrected chi connectivity index (χ3v) is 4.43. The van der Waals surface area contributed by atoms with Crippen molar-refractivity contribution in [2.24, 2.45) is 11.8 Å². The van der Waals surface area contributed by atoms with Gasteiger partial charge in [0.15, 0.2) is 0 Å². The second-order valence-electron chi connectivity index (χ2n) is 6.62. The number of aliphatic hydroxyl groups is 1. The third kappa shape index (κ3) is 4.50. The van der Waals surface area contributed by atoms with Crippen molar-refractivity contribution in [1.82, 2.24) is 0 Å². The van der Waals surface area contributed by atoms with Crippen molar-refractivity contribution in [2.75, 3.05) is 0 Å². The monoisotopic (exact) mass is 280 g/mol. The van der Waals surface area contributed by atoms with Gasteiger partial charge >= 0.3 is 0 Å². The van der Waals surface area contributed by atoms with E-state index in [0.29, 0.717) is 5.92 Å². The van der Waals surface area contributed by atoms with Crippen molar-refractivity contribution >= 4 is 11.6 Å². The maximum atomic E-state index is 10.8. The Morgan fingerprint density at radius 3 is 2.63 bits per heavy atom. The van der Waals surface area contributed by atoms with Crippen molar-refractivity contribution < 1.29 is 5.11 Å². The zero-order valence-electron chi connectivity index (χ0n) is 12.0. The Kier molecular flexibility index (Phi) is 4.92. The highest BCUT2D eigenvalue weighted by atomic mass is 35.5. The summed E-state index contributed by atoms with van der Waals surface area (Å²) in [4.78, 5) is 0. The van der Waals surface area contributed by atoms with Crippen LogP contribution in [0, 0.1) is 11.8 Å². The largest absolute Gasteiger partial charge is 0.390 e. The molecule has 0 bridgehead atoms. The SMILES string of the molecule is CC(C)CC1CCCC(O)(Cc2ccc(Cl)cc2)C1. The fourth-order valence-corrected chi connectivity index (χ4v) is 3.60. The van der Waals surface area contributed by atoms with Gasteiger partial charge in [-0.2, -0.15) is 0 Å². The first-order valence-electron chi connectivity index (χ1n) is 7.44. The molecule has 1 aliphatic carbocycles. The summed E-state index contributed by atoms with van der Waals surface area (Å²) in [5.74, 6) is 1.41. The standard InChI is InChI=1S/C17H25ClO/c1-13(2)10-15-4-3-9-17(19,12-15)11-14-5-7-16(18)8-6-14/h5-8,13,15,19H,3-4,9-12H2,1-2H3. The van der Waals surface area contributed by atoms with Gasteiger partial charge in [0.2, 0.25) is 0 Å². The van der Waals surface area contributed by atoms with Gasteiger partial charge in [-0.1, -0.05) is 50.4 Å². The second-order valence-corrected chi connectivity index (χ2v) is 7.06. The smallest absolute Gasteiger partial charge is 0.0690 e. The fourth-order valence-electron chi connectivity index (χ4n) is 3.47. The molecule has 1 nitrogen and oxygen atoms in total. The zero-order valence-corrected chi connectivity index (χ0v) is 12.8. The number of hydrogen-bond donors (Lipinski definition) is 1. The van der Waals surface area contributed by atoms with E-state index in [2.05, 4.69) is 13.8 Å². The molecule has 19 heavy (non-hydrogen) atoms. The summed E-state index contributed by atoms with van der Waals surface area (Å²) in [7, 11) is 0. The van der Waals surface area contributed by atoms with Gasteiger partial charge in [0, 0.05) is 11.4 Å². The maximum absolute atomic E-state index is 10.8. The molecule has 1 aromatic carbocycles. The average Bonchev–Trinajstić information content (AvgIpc) is 2.31. The molecule has 2 atom stereocenters. The van der Waals surface area contributed by atoms with Crippen LogP contribution >= 0.6 is 11.6 Å². The quantitative estimate of drug-likeness (QED) is 0.836. The van der Waals surface area contributed by atoms with Crippen LogP contribution in [-0.2, 0) is 6.42 Å². The summed E-state index contributed by atoms with van der Waals surface area (Å²) in [5.41, 5.74) is 0.683. The van der Waals surface area contributed by atoms with Crippen LogP contribution in [0.25, 0.3) is 0 Å². The van der Waals surface area contributed by atoms with Gasteiger partial charge in [-0.3, -0.25) is 0 Å². The van der Waals surface area contributed by atoms with E-state index in [0.717, 1.165) is 36.6 Å². The highest BCUT2D eigenvalue weighted by molar-refractivity contribution is 6.30. The first-order chi connectivity index (χ1) is 8.97. The number of halogens is 1. The molecule has 1 N–H and O–H groups in total. The molecule has 0 heterocycles. The number of rotatable bonds is 4. The molecule has 2 rings (SSSR count). The van der Waals surface area contributed by atoms with Gasteiger partial charge in [0.25, 0.3) is 0 Å². The van der Waals surface area contributed by atoms with E-state index in [9.17, 15) is 5.11 Å². The second kappa shape index (κ2) is 6.28. The normalized spacial score (nSPS) is 27.7. The molecule has 1 saturated carbocycles. The summed E-state index contributed by atoms with van der Waals surface area (Å²) < 4.78 is 0. The van der Waals surface area contributed by atoms with Gasteiger partial charge in [0.1, 0.15) is 0 Å². The van der Waals surface area contributed by atoms with Crippen LogP contribution in [0.3, 0.4) is 0 Å². The summed E-state index contributed by atoms with van der Waals surface area (Å²) in [6.45, 7) is 4.54. The van der Waals surface area contributed by atoms with Crippen LogP contribution in [-0.4, -0.2) is 10.7 Å². The molecule has 0 spiro atoms. The lowest BCUT2D eigenvalue weighted by Gasteiger charge is -2.37. The van der Waals surface area contributed by atoms with Crippen LogP contribution in [0.5, 0.6) is 0 Å². The zero-order chi connectivity index (χ0) is 13.9. The molecule has 1 aliphatic rings. The van der Waals surface area contributed by atoms with E-state index < -0.39 is 5.60 Å². The molecule has 0 amide bonds. The number of benzene rings is 1. The van der Waals surface area contributed by atoms with Gasteiger partial charge in [-0.25, -0.2) is 0 Å². The Balaban J connectivity index is 1.99. The van der Waals surface area contributed by atoms with E-state index in [4.69, 9.17) is 11.6 Å². The van der Waals surface area contributed by atoms with Crippen LogP contribution in [0.2, 0.25) is 5.02 Å². The first-order valence-corrected chi connectivity index (χ1v) is 7.81. The topological polar surface area (TPSA) is 20.2 Å². The molecular formula is C17H25ClO. The fraction of sp³-hybridized carbons (Fsp3) is 0.647. The molecule has 0 radical (unpaired) electrons. The van der Waals surface area contributed by atoms with Gasteiger partial charge < -0.3 is 5.11 Å². The Bertz CT molecular complexity index is 398. The van der Waals surface area contributed by atoms with Gasteiger partial charge in [-0.05, 0) is 48.8 Å². The molecule has 0 aliphatic heterocycles. The number of hydrogen-bond acceptors (Lipinski definition) is 1. The minimum absolute atomic E-state index is 0.508. The summed E-state index contributed by atoms with van der Waals surface area (Å²) in [6.07, 6.45) is 6.32. The minimum atomic E-state index is -0.508. The lowest BCUT2D eigenvalue weighted by Crippen LogP contribution is -2.37. The Hall–Kier alpha value is -0.530. The van der Waals surface area contributed by atoms with E-state index in [1.165, 1.54) is 18.4 Å². The van der Waals surface area contributed by atoms with Crippen molar-refractivity contribution in [3.63, 3.8) is 0 Å². The lowest BCUT2D eigenvalue weighted by atomic mass is 9.73. The summed E-state index contributed by atoms with van der Waals surface area (Å²) in [6, 6.07) is 7.89. The molecule has 0 aromatic heterocycles. The molecule has 0 saturated heterocycles. The average molecular weight is 281 g/mol. The molecule has 2 heteroatoms. The van der Waals surface area contributed by atoms with Gasteiger partial charge in [0.05, 0.1) is 5.60 Å². The van der Waals surface area contributed by atoms with E-state index in [-0.39, 0.29) is 0 Å². The molecule has 106 valence electrons. The van der Waals surface area contributed by atoms with Gasteiger partial charge in [-0.15, -0.1) is 0 Å². The summed E-state index contributed by atoms with van der Waals surface area (Å²) in [5, 5.41) is 11.6. The summed E-state index contributed by atoms with van der Waals surface area (Å²) >= 11 is 5.91. The first kappa shape index (κ1) is 14.9. The predicted octanol–water partition coefficient (Wildman–Crippen LogP) is 4.85. The predicted molar refractivity (Wildman–Crippen MR) is 81.5 cm³/mol.